The van der Waals surface area contributed by atoms with Gasteiger partial charge in [-0.05, 0) is 13.8 Å². The van der Waals surface area contributed by atoms with E-state index in [1.165, 1.54) is 13.8 Å². The Morgan fingerprint density at radius 2 is 1.83 bits per heavy atom. The molecule has 0 saturated heterocycles. The van der Waals surface area contributed by atoms with Crippen molar-refractivity contribution in [1.82, 2.24) is 4.72 Å². The van der Waals surface area contributed by atoms with E-state index in [1.807, 2.05) is 4.72 Å². The minimum Gasteiger partial charge on any atom is -0.258 e. The Kier molecular flexibility index (Phi) is 3.97. The summed E-state index contributed by atoms with van der Waals surface area (Å²) in [5.41, 5.74) is -1.10. The average Bonchev–Trinajstić information content (AvgIpc) is 2.13. The minimum atomic E-state index is -4.26. The first kappa shape index (κ1) is 14.5. The van der Waals surface area contributed by atoms with Crippen LogP contribution in [0.4, 0.5) is 14.5 Å². The molecule has 0 amide bonds. The molecule has 1 N–H and O–H groups in total. The van der Waals surface area contributed by atoms with E-state index in [0.717, 1.165) is 0 Å². The lowest BCUT2D eigenvalue weighted by atomic mass is 10.3. The van der Waals surface area contributed by atoms with Crippen LogP contribution in [0.15, 0.2) is 17.0 Å². The highest BCUT2D eigenvalue weighted by Crippen LogP contribution is 2.24. The van der Waals surface area contributed by atoms with Crippen molar-refractivity contribution in [2.45, 2.75) is 24.8 Å². The molecule has 0 aromatic heterocycles. The van der Waals surface area contributed by atoms with E-state index in [2.05, 4.69) is 0 Å². The fraction of sp³-hybridized carbons (Fsp3) is 0.333. The molecule has 1 aromatic rings. The first-order valence-corrected chi connectivity index (χ1v) is 6.29. The summed E-state index contributed by atoms with van der Waals surface area (Å²) in [5.74, 6) is -2.81. The van der Waals surface area contributed by atoms with Gasteiger partial charge in [0.15, 0.2) is 0 Å². The smallest absolute Gasteiger partial charge is 0.258 e. The first-order chi connectivity index (χ1) is 8.15. The van der Waals surface area contributed by atoms with Crippen LogP contribution < -0.4 is 4.72 Å². The van der Waals surface area contributed by atoms with E-state index >= 15 is 0 Å². The number of nitro benzene ring substituents is 1. The van der Waals surface area contributed by atoms with Gasteiger partial charge in [-0.1, -0.05) is 0 Å². The van der Waals surface area contributed by atoms with Gasteiger partial charge in [-0.25, -0.2) is 17.5 Å². The van der Waals surface area contributed by atoms with Gasteiger partial charge in [0.25, 0.3) is 0 Å². The van der Waals surface area contributed by atoms with E-state index < -0.39 is 43.2 Å². The molecule has 0 aliphatic rings. The molecule has 0 saturated carbocycles. The highest BCUT2D eigenvalue weighted by Gasteiger charge is 2.26. The maximum atomic E-state index is 13.4. The van der Waals surface area contributed by atoms with Gasteiger partial charge < -0.3 is 0 Å². The molecule has 6 nitrogen and oxygen atoms in total. The third kappa shape index (κ3) is 2.99. The molecule has 0 radical (unpaired) electrons. The van der Waals surface area contributed by atoms with Crippen LogP contribution in [0.2, 0.25) is 0 Å². The second-order valence-electron chi connectivity index (χ2n) is 3.77. The Labute approximate surface area is 102 Å². The van der Waals surface area contributed by atoms with E-state index in [1.54, 1.807) is 0 Å². The molecule has 0 fully saturated rings. The summed E-state index contributed by atoms with van der Waals surface area (Å²) in [5, 5.41) is 10.5. The molecule has 0 heterocycles. The second kappa shape index (κ2) is 4.94. The van der Waals surface area contributed by atoms with Crippen LogP contribution in [0.3, 0.4) is 0 Å². The molecule has 1 rings (SSSR count). The number of halogens is 2. The third-order valence-electron chi connectivity index (χ3n) is 1.88. The van der Waals surface area contributed by atoms with Gasteiger partial charge in [0.2, 0.25) is 15.8 Å². The van der Waals surface area contributed by atoms with Crippen LogP contribution in [-0.4, -0.2) is 19.4 Å². The Bertz CT molecular complexity index is 586. The van der Waals surface area contributed by atoms with Crippen LogP contribution in [-0.2, 0) is 10.0 Å². The molecular weight excluding hydrogens is 270 g/mol. The number of benzene rings is 1. The molecule has 0 aliphatic heterocycles. The largest absolute Gasteiger partial charge is 0.306 e. The number of rotatable bonds is 4. The molecule has 0 spiro atoms. The van der Waals surface area contributed by atoms with Crippen molar-refractivity contribution >= 4 is 15.7 Å². The van der Waals surface area contributed by atoms with Crippen LogP contribution in [0.1, 0.15) is 13.8 Å². The zero-order valence-corrected chi connectivity index (χ0v) is 10.3. The molecule has 9 heteroatoms. The summed E-state index contributed by atoms with van der Waals surface area (Å²) in [7, 11) is -4.26. The number of nitro groups is 1. The summed E-state index contributed by atoms with van der Waals surface area (Å²) in [4.78, 5) is 8.39. The zero-order valence-electron chi connectivity index (χ0n) is 9.48. The lowest BCUT2D eigenvalue weighted by Gasteiger charge is -2.10. The molecule has 0 unspecified atom stereocenters. The fourth-order valence-corrected chi connectivity index (χ4v) is 2.57. The van der Waals surface area contributed by atoms with E-state index in [-0.39, 0.29) is 6.07 Å². The lowest BCUT2D eigenvalue weighted by Crippen LogP contribution is -2.31. The van der Waals surface area contributed by atoms with Crippen molar-refractivity contribution in [3.8, 4) is 0 Å². The van der Waals surface area contributed by atoms with Crippen LogP contribution >= 0.6 is 0 Å². The molecule has 18 heavy (non-hydrogen) atoms. The normalized spacial score (nSPS) is 11.8. The van der Waals surface area contributed by atoms with Crippen LogP contribution in [0.5, 0.6) is 0 Å². The number of hydrogen-bond acceptors (Lipinski definition) is 4. The Hall–Kier alpha value is -1.61. The molecule has 0 atom stereocenters. The predicted molar refractivity (Wildman–Crippen MR) is 58.5 cm³/mol. The maximum Gasteiger partial charge on any atom is 0.306 e. The molecule has 0 aliphatic carbocycles. The van der Waals surface area contributed by atoms with Gasteiger partial charge >= 0.3 is 5.69 Å². The first-order valence-electron chi connectivity index (χ1n) is 4.81. The van der Waals surface area contributed by atoms with E-state index in [4.69, 9.17) is 0 Å². The summed E-state index contributed by atoms with van der Waals surface area (Å²) in [6, 6.07) is 0.00100. The molecular formula is C9H10F2N2O4S. The molecule has 100 valence electrons. The number of nitrogens with zero attached hydrogens (tertiary/aromatic N) is 1. The van der Waals surface area contributed by atoms with Gasteiger partial charge in [-0.2, -0.15) is 4.39 Å². The summed E-state index contributed by atoms with van der Waals surface area (Å²) < 4.78 is 51.7. The fourth-order valence-electron chi connectivity index (χ4n) is 1.24. The third-order valence-corrected chi connectivity index (χ3v) is 3.55. The van der Waals surface area contributed by atoms with E-state index in [9.17, 15) is 27.3 Å². The highest BCUT2D eigenvalue weighted by atomic mass is 32.2. The average molecular weight is 280 g/mol. The summed E-state index contributed by atoms with van der Waals surface area (Å²) in [6.45, 7) is 2.99. The standard InChI is InChI=1S/C9H10F2N2O4S/c1-5(2)12-18(16,17)9-4-8(13(14)15)6(10)3-7(9)11/h3-5,12H,1-2H3. The summed E-state index contributed by atoms with van der Waals surface area (Å²) in [6.07, 6.45) is 0. The SMILES string of the molecule is CC(C)NS(=O)(=O)c1cc([N+](=O)[O-])c(F)cc1F. The van der Waals surface area contributed by atoms with Crippen molar-refractivity contribution < 1.29 is 22.1 Å². The Balaban J connectivity index is 3.42. The van der Waals surface area contributed by atoms with E-state index in [0.29, 0.717) is 6.07 Å². The number of nitrogens with one attached hydrogen (secondary N) is 1. The lowest BCUT2D eigenvalue weighted by molar-refractivity contribution is -0.387. The van der Waals surface area contributed by atoms with Gasteiger partial charge in [0, 0.05) is 18.2 Å². The molecule has 0 bridgehead atoms. The monoisotopic (exact) mass is 280 g/mol. The van der Waals surface area contributed by atoms with Crippen LogP contribution in [0, 0.1) is 21.7 Å². The second-order valence-corrected chi connectivity index (χ2v) is 5.45. The Morgan fingerprint density at radius 1 is 1.28 bits per heavy atom. The maximum absolute atomic E-state index is 13.4. The topological polar surface area (TPSA) is 89.3 Å². The van der Waals surface area contributed by atoms with Crippen molar-refractivity contribution in [2.24, 2.45) is 0 Å². The van der Waals surface area contributed by atoms with Gasteiger partial charge in [0.05, 0.1) is 4.92 Å². The summed E-state index contributed by atoms with van der Waals surface area (Å²) >= 11 is 0. The molecule has 1 aromatic carbocycles. The van der Waals surface area contributed by atoms with Crippen molar-refractivity contribution in [3.63, 3.8) is 0 Å². The van der Waals surface area contributed by atoms with Crippen molar-refractivity contribution in [1.29, 1.82) is 0 Å². The van der Waals surface area contributed by atoms with Crippen molar-refractivity contribution in [3.05, 3.63) is 33.9 Å². The van der Waals surface area contributed by atoms with Gasteiger partial charge in [-0.3, -0.25) is 10.1 Å². The minimum absolute atomic E-state index is 0.174. The number of sulfonamides is 1. The zero-order chi connectivity index (χ0) is 14.1. The van der Waals surface area contributed by atoms with Crippen LogP contribution in [0.25, 0.3) is 0 Å². The van der Waals surface area contributed by atoms with Gasteiger partial charge in [0.1, 0.15) is 10.7 Å². The quantitative estimate of drug-likeness (QED) is 0.669. The van der Waals surface area contributed by atoms with Crippen molar-refractivity contribution in [2.75, 3.05) is 0 Å². The predicted octanol–water partition coefficient (Wildman–Crippen LogP) is 1.56. The highest BCUT2D eigenvalue weighted by molar-refractivity contribution is 7.89. The Morgan fingerprint density at radius 3 is 2.28 bits per heavy atom. The number of hydrogen-bond donors (Lipinski definition) is 1. The van der Waals surface area contributed by atoms with Gasteiger partial charge in [-0.15, -0.1) is 0 Å².